The minimum absolute atomic E-state index is 0.131. The molecule has 0 aliphatic carbocycles. The molecule has 2 N–H and O–H groups in total. The molecule has 164 valence electrons. The van der Waals surface area contributed by atoms with Crippen LogP contribution in [0.5, 0.6) is 5.75 Å². The smallest absolute Gasteiger partial charge is 0.324 e. The minimum atomic E-state index is -0.684. The Kier molecular flexibility index (Phi) is 6.35. The Morgan fingerprint density at radius 2 is 1.78 bits per heavy atom. The lowest BCUT2D eigenvalue weighted by molar-refractivity contribution is -0.127. The third-order valence-corrected chi connectivity index (χ3v) is 5.61. The molecule has 0 aromatic heterocycles. The first-order valence-corrected chi connectivity index (χ1v) is 10.6. The van der Waals surface area contributed by atoms with Gasteiger partial charge in [0.2, 0.25) is 5.91 Å². The molecule has 0 radical (unpaired) electrons. The minimum Gasteiger partial charge on any atom is -0.497 e. The highest BCUT2D eigenvalue weighted by Crippen LogP contribution is 2.23. The van der Waals surface area contributed by atoms with Crippen LogP contribution >= 0.6 is 0 Å². The molecule has 0 saturated carbocycles. The molecule has 4 amide bonds. The summed E-state index contributed by atoms with van der Waals surface area (Å²) in [7, 11) is 1.60. The number of rotatable bonds is 8. The number of benzene rings is 3. The van der Waals surface area contributed by atoms with Gasteiger partial charge in [-0.1, -0.05) is 48.5 Å². The van der Waals surface area contributed by atoms with E-state index >= 15 is 0 Å². The van der Waals surface area contributed by atoms with Crippen LogP contribution in [0.4, 0.5) is 10.5 Å². The van der Waals surface area contributed by atoms with Gasteiger partial charge >= 0.3 is 6.03 Å². The number of anilines is 1. The monoisotopic (exact) mass is 431 g/mol. The van der Waals surface area contributed by atoms with Crippen molar-refractivity contribution in [1.29, 1.82) is 0 Å². The average Bonchev–Trinajstić information content (AvgIpc) is 3.09. The first-order valence-electron chi connectivity index (χ1n) is 10.6. The lowest BCUT2D eigenvalue weighted by atomic mass is 10.1. The van der Waals surface area contributed by atoms with Gasteiger partial charge in [-0.05, 0) is 42.0 Å². The molecule has 32 heavy (non-hydrogen) atoms. The van der Waals surface area contributed by atoms with E-state index in [4.69, 9.17) is 4.74 Å². The van der Waals surface area contributed by atoms with Gasteiger partial charge in [0.15, 0.2) is 0 Å². The maximum Gasteiger partial charge on any atom is 0.324 e. The summed E-state index contributed by atoms with van der Waals surface area (Å²) >= 11 is 0. The van der Waals surface area contributed by atoms with Crippen molar-refractivity contribution in [3.63, 3.8) is 0 Å². The van der Waals surface area contributed by atoms with E-state index in [1.807, 2.05) is 66.7 Å². The van der Waals surface area contributed by atoms with Gasteiger partial charge in [-0.15, -0.1) is 0 Å². The van der Waals surface area contributed by atoms with Crippen LogP contribution in [0.1, 0.15) is 18.4 Å². The second kappa shape index (κ2) is 9.51. The zero-order valence-corrected chi connectivity index (χ0v) is 17.8. The van der Waals surface area contributed by atoms with Gasteiger partial charge in [-0.25, -0.2) is 4.79 Å². The number of amides is 4. The van der Waals surface area contributed by atoms with Crippen LogP contribution in [0, 0.1) is 0 Å². The largest absolute Gasteiger partial charge is 0.497 e. The van der Waals surface area contributed by atoms with Crippen molar-refractivity contribution in [3.8, 4) is 5.75 Å². The third kappa shape index (κ3) is 4.72. The second-order valence-electron chi connectivity index (χ2n) is 7.70. The summed E-state index contributed by atoms with van der Waals surface area (Å²) in [6, 6.07) is 19.9. The van der Waals surface area contributed by atoms with E-state index in [0.29, 0.717) is 6.42 Å². The second-order valence-corrected chi connectivity index (χ2v) is 7.70. The number of ether oxygens (including phenoxy) is 1. The predicted octanol–water partition coefficient (Wildman–Crippen LogP) is 3.73. The molecule has 1 atom stereocenters. The topological polar surface area (TPSA) is 87.7 Å². The summed E-state index contributed by atoms with van der Waals surface area (Å²) in [6.07, 6.45) is 0.934. The van der Waals surface area contributed by atoms with Crippen LogP contribution < -0.4 is 15.4 Å². The number of carbonyl (C=O) groups excluding carboxylic acids is 3. The van der Waals surface area contributed by atoms with Gasteiger partial charge in [0.1, 0.15) is 11.8 Å². The van der Waals surface area contributed by atoms with Crippen LogP contribution in [0.25, 0.3) is 10.8 Å². The maximum atomic E-state index is 12.7. The predicted molar refractivity (Wildman–Crippen MR) is 123 cm³/mol. The molecule has 7 heteroatoms. The van der Waals surface area contributed by atoms with E-state index in [-0.39, 0.29) is 31.2 Å². The number of fused-ring (bicyclic) bond motifs is 1. The standard InChI is InChI=1S/C25H25N3O4/c1-32-19-11-9-17(10-12-19)15-16-28-24(30)22(27-25(28)31)13-14-23(29)26-21-8-4-6-18-5-2-3-7-20(18)21/h2-12,22H,13-16H2,1H3,(H,26,29)(H,27,31)/t22-/m1/s1. The summed E-state index contributed by atoms with van der Waals surface area (Å²) in [6.45, 7) is 0.287. The van der Waals surface area contributed by atoms with E-state index in [9.17, 15) is 14.4 Å². The van der Waals surface area contributed by atoms with Crippen LogP contribution in [0.15, 0.2) is 66.7 Å². The Morgan fingerprint density at radius 1 is 1.03 bits per heavy atom. The maximum absolute atomic E-state index is 12.7. The summed E-state index contributed by atoms with van der Waals surface area (Å²) in [5.41, 5.74) is 1.74. The van der Waals surface area contributed by atoms with Gasteiger partial charge in [-0.3, -0.25) is 14.5 Å². The Labute approximate surface area is 186 Å². The fraction of sp³-hybridized carbons (Fsp3) is 0.240. The van der Waals surface area contributed by atoms with Crippen molar-refractivity contribution in [2.24, 2.45) is 0 Å². The molecule has 0 spiro atoms. The van der Waals surface area contributed by atoms with E-state index in [2.05, 4.69) is 10.6 Å². The van der Waals surface area contributed by atoms with E-state index in [1.54, 1.807) is 7.11 Å². The molecule has 1 saturated heterocycles. The van der Waals surface area contributed by atoms with Gasteiger partial charge in [0, 0.05) is 24.0 Å². The highest BCUT2D eigenvalue weighted by Gasteiger charge is 2.37. The Hall–Kier alpha value is -3.87. The first-order chi connectivity index (χ1) is 15.5. The zero-order chi connectivity index (χ0) is 22.5. The number of nitrogens with one attached hydrogen (secondary N) is 2. The molecule has 3 aromatic carbocycles. The van der Waals surface area contributed by atoms with E-state index in [1.165, 1.54) is 4.90 Å². The van der Waals surface area contributed by atoms with Crippen LogP contribution in [0.3, 0.4) is 0 Å². The van der Waals surface area contributed by atoms with E-state index < -0.39 is 12.1 Å². The summed E-state index contributed by atoms with van der Waals surface area (Å²) in [5, 5.41) is 7.60. The highest BCUT2D eigenvalue weighted by atomic mass is 16.5. The third-order valence-electron chi connectivity index (χ3n) is 5.61. The van der Waals surface area contributed by atoms with Crippen molar-refractivity contribution in [2.75, 3.05) is 19.0 Å². The van der Waals surface area contributed by atoms with Crippen LogP contribution in [0.2, 0.25) is 0 Å². The summed E-state index contributed by atoms with van der Waals surface area (Å²) < 4.78 is 5.14. The van der Waals surface area contributed by atoms with Crippen molar-refractivity contribution in [1.82, 2.24) is 10.2 Å². The zero-order valence-electron chi connectivity index (χ0n) is 17.8. The molecule has 3 aromatic rings. The molecule has 0 unspecified atom stereocenters. The molecule has 4 rings (SSSR count). The summed E-state index contributed by atoms with van der Waals surface area (Å²) in [5.74, 6) is 0.271. The number of imide groups is 1. The number of nitrogens with zero attached hydrogens (tertiary/aromatic N) is 1. The number of hydrogen-bond donors (Lipinski definition) is 2. The molecular weight excluding hydrogens is 406 g/mol. The normalized spacial score (nSPS) is 15.7. The van der Waals surface area contributed by atoms with Crippen molar-refractivity contribution >= 4 is 34.3 Å². The lowest BCUT2D eigenvalue weighted by Gasteiger charge is -2.13. The highest BCUT2D eigenvalue weighted by molar-refractivity contribution is 6.05. The number of hydrogen-bond acceptors (Lipinski definition) is 4. The van der Waals surface area contributed by atoms with Crippen molar-refractivity contribution < 1.29 is 19.1 Å². The molecule has 1 aliphatic rings. The van der Waals surface area contributed by atoms with Crippen LogP contribution in [-0.4, -0.2) is 42.4 Å². The van der Waals surface area contributed by atoms with Crippen molar-refractivity contribution in [2.45, 2.75) is 25.3 Å². The fourth-order valence-electron chi connectivity index (χ4n) is 3.84. The van der Waals surface area contributed by atoms with Gasteiger partial charge in [-0.2, -0.15) is 0 Å². The SMILES string of the molecule is COc1ccc(CCN2C(=O)N[C@H](CCC(=O)Nc3cccc4ccccc34)C2=O)cc1. The molecule has 1 fully saturated rings. The summed E-state index contributed by atoms with van der Waals surface area (Å²) in [4.78, 5) is 38.7. The molecular formula is C25H25N3O4. The number of methoxy groups -OCH3 is 1. The quantitative estimate of drug-likeness (QED) is 0.532. The van der Waals surface area contributed by atoms with Gasteiger partial charge in [0.05, 0.1) is 7.11 Å². The fourth-order valence-corrected chi connectivity index (χ4v) is 3.84. The molecule has 1 aliphatic heterocycles. The average molecular weight is 431 g/mol. The molecule has 1 heterocycles. The number of carbonyl (C=O) groups is 3. The molecule has 0 bridgehead atoms. The Bertz CT molecular complexity index is 1140. The van der Waals surface area contributed by atoms with Gasteiger partial charge < -0.3 is 15.4 Å². The van der Waals surface area contributed by atoms with Crippen molar-refractivity contribution in [3.05, 3.63) is 72.3 Å². The Morgan fingerprint density at radius 3 is 2.56 bits per heavy atom. The lowest BCUT2D eigenvalue weighted by Crippen LogP contribution is -2.33. The van der Waals surface area contributed by atoms with E-state index in [0.717, 1.165) is 27.8 Å². The Balaban J connectivity index is 1.30. The first kappa shape index (κ1) is 21.4. The molecule has 7 nitrogen and oxygen atoms in total. The number of urea groups is 1. The van der Waals surface area contributed by atoms with Crippen LogP contribution in [-0.2, 0) is 16.0 Å². The van der Waals surface area contributed by atoms with Gasteiger partial charge in [0.25, 0.3) is 5.91 Å².